The van der Waals surface area contributed by atoms with Gasteiger partial charge in [-0.3, -0.25) is 10.1 Å². The summed E-state index contributed by atoms with van der Waals surface area (Å²) in [4.78, 5) is 10.8. The molecule has 0 aromatic heterocycles. The van der Waals surface area contributed by atoms with Gasteiger partial charge in [0.05, 0.1) is 21.7 Å². The standard InChI is InChI=1S/C18H14BrClN2O2/c19-15-7-2-1-4-13(15)17-12-6-3-5-11(12)14-8-10(22(23)24)9-16(20)18(14)21-17/h1-5,7-9,11-12,17,21H,6H2/t11-,12+,17+/m1/s1. The third-order valence-electron chi connectivity index (χ3n) is 4.86. The molecule has 4 nitrogen and oxygen atoms in total. The molecule has 0 unspecified atom stereocenters. The molecule has 1 heterocycles. The first-order valence-corrected chi connectivity index (χ1v) is 8.89. The van der Waals surface area contributed by atoms with Crippen molar-refractivity contribution in [3.05, 3.63) is 79.3 Å². The summed E-state index contributed by atoms with van der Waals surface area (Å²) in [7, 11) is 0. The third kappa shape index (κ3) is 2.43. The lowest BCUT2D eigenvalue weighted by molar-refractivity contribution is -0.384. The highest BCUT2D eigenvalue weighted by Crippen LogP contribution is 2.53. The Labute approximate surface area is 152 Å². The number of rotatable bonds is 2. The second kappa shape index (κ2) is 5.90. The Kier molecular flexibility index (Phi) is 3.85. The first-order valence-electron chi connectivity index (χ1n) is 7.71. The van der Waals surface area contributed by atoms with Crippen LogP contribution >= 0.6 is 27.5 Å². The Morgan fingerprint density at radius 3 is 2.79 bits per heavy atom. The number of hydrogen-bond acceptors (Lipinski definition) is 3. The number of hydrogen-bond donors (Lipinski definition) is 1. The van der Waals surface area contributed by atoms with E-state index in [2.05, 4.69) is 39.5 Å². The number of nitrogens with zero attached hydrogens (tertiary/aromatic N) is 1. The van der Waals surface area contributed by atoms with Crippen molar-refractivity contribution in [2.75, 3.05) is 5.32 Å². The van der Waals surface area contributed by atoms with Crippen LogP contribution in [0.1, 0.15) is 29.5 Å². The summed E-state index contributed by atoms with van der Waals surface area (Å²) in [6, 6.07) is 11.3. The van der Waals surface area contributed by atoms with E-state index in [4.69, 9.17) is 11.6 Å². The van der Waals surface area contributed by atoms with E-state index in [9.17, 15) is 10.1 Å². The molecule has 1 aliphatic carbocycles. The fourth-order valence-corrected chi connectivity index (χ4v) is 4.59. The van der Waals surface area contributed by atoms with Gasteiger partial charge < -0.3 is 5.32 Å². The summed E-state index contributed by atoms with van der Waals surface area (Å²) in [5.41, 5.74) is 2.93. The Bertz CT molecular complexity index is 868. The number of fused-ring (bicyclic) bond motifs is 3. The first kappa shape index (κ1) is 15.7. The van der Waals surface area contributed by atoms with E-state index in [1.807, 2.05) is 18.2 Å². The van der Waals surface area contributed by atoms with E-state index in [0.717, 1.165) is 22.1 Å². The highest BCUT2D eigenvalue weighted by Gasteiger charge is 2.40. The van der Waals surface area contributed by atoms with Gasteiger partial charge in [-0.25, -0.2) is 0 Å². The molecule has 4 rings (SSSR count). The normalized spacial score (nSPS) is 24.2. The predicted molar refractivity (Wildman–Crippen MR) is 98.6 cm³/mol. The summed E-state index contributed by atoms with van der Waals surface area (Å²) in [6.07, 6.45) is 5.24. The number of anilines is 1. The molecule has 0 amide bonds. The minimum absolute atomic E-state index is 0.0407. The van der Waals surface area contributed by atoms with Gasteiger partial charge in [0.2, 0.25) is 0 Å². The van der Waals surface area contributed by atoms with E-state index >= 15 is 0 Å². The van der Waals surface area contributed by atoms with Gasteiger partial charge in [0.1, 0.15) is 0 Å². The Balaban J connectivity index is 1.85. The summed E-state index contributed by atoms with van der Waals surface area (Å²) in [6.45, 7) is 0. The molecule has 1 N–H and O–H groups in total. The van der Waals surface area contributed by atoms with Gasteiger partial charge in [0.25, 0.3) is 5.69 Å². The van der Waals surface area contributed by atoms with Crippen molar-refractivity contribution >= 4 is 38.9 Å². The van der Waals surface area contributed by atoms with E-state index in [1.165, 1.54) is 11.6 Å². The van der Waals surface area contributed by atoms with Gasteiger partial charge in [-0.05, 0) is 29.5 Å². The van der Waals surface area contributed by atoms with Crippen LogP contribution in [0.4, 0.5) is 11.4 Å². The quantitative estimate of drug-likeness (QED) is 0.388. The van der Waals surface area contributed by atoms with Crippen molar-refractivity contribution in [3.8, 4) is 0 Å². The molecule has 6 heteroatoms. The number of benzene rings is 2. The van der Waals surface area contributed by atoms with Gasteiger partial charge in [-0.1, -0.05) is 57.9 Å². The summed E-state index contributed by atoms with van der Waals surface area (Å²) in [5, 5.41) is 15.1. The van der Waals surface area contributed by atoms with Crippen molar-refractivity contribution < 1.29 is 4.92 Å². The van der Waals surface area contributed by atoms with Crippen molar-refractivity contribution in [3.63, 3.8) is 0 Å². The zero-order valence-corrected chi connectivity index (χ0v) is 14.9. The van der Waals surface area contributed by atoms with Gasteiger partial charge in [-0.15, -0.1) is 0 Å². The molecule has 24 heavy (non-hydrogen) atoms. The minimum Gasteiger partial charge on any atom is -0.376 e. The third-order valence-corrected chi connectivity index (χ3v) is 5.88. The van der Waals surface area contributed by atoms with Crippen LogP contribution in [0.25, 0.3) is 0 Å². The minimum atomic E-state index is -0.389. The second-order valence-corrected chi connectivity index (χ2v) is 7.41. The SMILES string of the molecule is O=[N+]([O-])c1cc(Cl)c2c(c1)[C@@H]1C=CC[C@@H]1[C@@H](c1ccccc1Br)N2. The molecule has 1 aliphatic heterocycles. The molecule has 2 aromatic rings. The van der Waals surface area contributed by atoms with Gasteiger partial charge >= 0.3 is 0 Å². The molecule has 3 atom stereocenters. The smallest absolute Gasteiger partial charge is 0.271 e. The van der Waals surface area contributed by atoms with Crippen molar-refractivity contribution in [2.24, 2.45) is 5.92 Å². The average molecular weight is 406 g/mol. The molecular weight excluding hydrogens is 392 g/mol. The Hall–Kier alpha value is -1.85. The number of non-ortho nitro benzene ring substituents is 1. The Morgan fingerprint density at radius 2 is 2.04 bits per heavy atom. The average Bonchev–Trinajstić information content (AvgIpc) is 3.05. The van der Waals surface area contributed by atoms with Crippen LogP contribution in [0.5, 0.6) is 0 Å². The summed E-state index contributed by atoms with van der Waals surface area (Å²) < 4.78 is 1.05. The van der Waals surface area contributed by atoms with Gasteiger partial charge in [-0.2, -0.15) is 0 Å². The molecule has 0 saturated heterocycles. The second-order valence-electron chi connectivity index (χ2n) is 6.15. The maximum absolute atomic E-state index is 11.2. The molecular formula is C18H14BrClN2O2. The highest BCUT2D eigenvalue weighted by atomic mass is 79.9. The Morgan fingerprint density at radius 1 is 1.25 bits per heavy atom. The molecule has 0 spiro atoms. The topological polar surface area (TPSA) is 55.2 Å². The number of allylic oxidation sites excluding steroid dienone is 2. The fraction of sp³-hybridized carbons (Fsp3) is 0.222. The largest absolute Gasteiger partial charge is 0.376 e. The van der Waals surface area contributed by atoms with Crippen LogP contribution in [-0.4, -0.2) is 4.92 Å². The molecule has 0 bridgehead atoms. The zero-order valence-electron chi connectivity index (χ0n) is 12.6. The van der Waals surface area contributed by atoms with Crippen LogP contribution in [0, 0.1) is 16.0 Å². The molecule has 2 aliphatic rings. The zero-order chi connectivity index (χ0) is 16.8. The van der Waals surface area contributed by atoms with Gasteiger partial charge in [0.15, 0.2) is 0 Å². The van der Waals surface area contributed by atoms with Crippen LogP contribution < -0.4 is 5.32 Å². The van der Waals surface area contributed by atoms with E-state index in [1.54, 1.807) is 6.07 Å². The first-order chi connectivity index (χ1) is 11.6. The predicted octanol–water partition coefficient (Wildman–Crippen LogP) is 5.84. The number of nitrogens with one attached hydrogen (secondary N) is 1. The van der Waals surface area contributed by atoms with Gasteiger partial charge in [0, 0.05) is 22.5 Å². The lowest BCUT2D eigenvalue weighted by atomic mass is 9.77. The van der Waals surface area contributed by atoms with Crippen LogP contribution in [-0.2, 0) is 0 Å². The highest BCUT2D eigenvalue weighted by molar-refractivity contribution is 9.10. The summed E-state index contributed by atoms with van der Waals surface area (Å²) in [5.74, 6) is 0.449. The van der Waals surface area contributed by atoms with Crippen LogP contribution in [0.2, 0.25) is 5.02 Å². The van der Waals surface area contributed by atoms with E-state index in [-0.39, 0.29) is 22.6 Å². The number of nitro benzene ring substituents is 1. The van der Waals surface area contributed by atoms with E-state index in [0.29, 0.717) is 10.9 Å². The summed E-state index contributed by atoms with van der Waals surface area (Å²) >= 11 is 10.0. The molecule has 0 saturated carbocycles. The monoisotopic (exact) mass is 404 g/mol. The molecule has 0 fully saturated rings. The van der Waals surface area contributed by atoms with Crippen LogP contribution in [0.3, 0.4) is 0 Å². The number of halogens is 2. The molecule has 2 aromatic carbocycles. The number of nitro groups is 1. The van der Waals surface area contributed by atoms with Crippen molar-refractivity contribution in [1.82, 2.24) is 0 Å². The van der Waals surface area contributed by atoms with Crippen molar-refractivity contribution in [1.29, 1.82) is 0 Å². The van der Waals surface area contributed by atoms with Crippen LogP contribution in [0.15, 0.2) is 53.0 Å². The molecule has 0 radical (unpaired) electrons. The fourth-order valence-electron chi connectivity index (χ4n) is 3.78. The maximum Gasteiger partial charge on any atom is 0.271 e. The van der Waals surface area contributed by atoms with E-state index < -0.39 is 0 Å². The lowest BCUT2D eigenvalue weighted by Gasteiger charge is -2.38. The lowest BCUT2D eigenvalue weighted by Crippen LogP contribution is -2.29. The maximum atomic E-state index is 11.2. The molecule has 122 valence electrons. The van der Waals surface area contributed by atoms with Crippen molar-refractivity contribution in [2.45, 2.75) is 18.4 Å².